The third kappa shape index (κ3) is 2.63. The molecule has 68 valence electrons. The van der Waals surface area contributed by atoms with Crippen molar-refractivity contribution in [2.24, 2.45) is 5.41 Å². The third-order valence-corrected chi connectivity index (χ3v) is 4.53. The minimum Gasteiger partial charge on any atom is -0.469 e. The Morgan fingerprint density at radius 3 is 2.50 bits per heavy atom. The van der Waals surface area contributed by atoms with Crippen molar-refractivity contribution in [1.82, 2.24) is 0 Å². The van der Waals surface area contributed by atoms with Gasteiger partial charge in [0.15, 0.2) is 0 Å². The van der Waals surface area contributed by atoms with E-state index in [4.69, 9.17) is 4.42 Å². The van der Waals surface area contributed by atoms with Gasteiger partial charge in [0, 0.05) is 17.1 Å². The third-order valence-electron chi connectivity index (χ3n) is 1.83. The number of hydrogen-bond donors (Lipinski definition) is 0. The van der Waals surface area contributed by atoms with Crippen LogP contribution in [0.2, 0.25) is 0 Å². The first-order chi connectivity index (χ1) is 5.70. The molecule has 0 atom stereocenters. The quantitative estimate of drug-likeness (QED) is 0.773. The van der Waals surface area contributed by atoms with Crippen molar-refractivity contribution in [3.8, 4) is 0 Å². The van der Waals surface area contributed by atoms with Crippen LogP contribution < -0.4 is 0 Å². The van der Waals surface area contributed by atoms with Crippen LogP contribution in [0.1, 0.15) is 12.7 Å². The van der Waals surface area contributed by atoms with Crippen molar-refractivity contribution in [1.29, 1.82) is 0 Å². The van der Waals surface area contributed by atoms with Crippen molar-refractivity contribution in [2.45, 2.75) is 13.3 Å². The molecule has 0 saturated carbocycles. The zero-order chi connectivity index (χ0) is 9.03. The first-order valence-corrected chi connectivity index (χ1v) is 6.09. The maximum atomic E-state index is 5.29. The zero-order valence-electron chi connectivity index (χ0n) is 7.02. The minimum atomic E-state index is 0.248. The summed E-state index contributed by atoms with van der Waals surface area (Å²) in [6.45, 7) is 2.22. The second-order valence-corrected chi connectivity index (χ2v) is 4.46. The molecule has 0 radical (unpaired) electrons. The zero-order valence-corrected chi connectivity index (χ0v) is 10.2. The summed E-state index contributed by atoms with van der Waals surface area (Å²) in [7, 11) is 0. The van der Waals surface area contributed by atoms with Gasteiger partial charge in [-0.25, -0.2) is 0 Å². The van der Waals surface area contributed by atoms with Gasteiger partial charge in [-0.3, -0.25) is 0 Å². The number of rotatable bonds is 4. The molecular weight excluding hydrogens is 284 g/mol. The van der Waals surface area contributed by atoms with E-state index in [2.05, 4.69) is 38.8 Å². The Balaban J connectivity index is 2.60. The Morgan fingerprint density at radius 2 is 2.08 bits per heavy atom. The summed E-state index contributed by atoms with van der Waals surface area (Å²) in [5.41, 5.74) is 0.248. The molecule has 0 unspecified atom stereocenters. The van der Waals surface area contributed by atoms with E-state index in [9.17, 15) is 0 Å². The Morgan fingerprint density at radius 1 is 1.42 bits per heavy atom. The lowest BCUT2D eigenvalue weighted by molar-refractivity contribution is 0.381. The molecule has 0 aromatic carbocycles. The lowest BCUT2D eigenvalue weighted by Gasteiger charge is -2.22. The second kappa shape index (κ2) is 4.47. The molecule has 1 aromatic rings. The van der Waals surface area contributed by atoms with E-state index in [1.165, 1.54) is 0 Å². The van der Waals surface area contributed by atoms with E-state index in [1.54, 1.807) is 6.26 Å². The SMILES string of the molecule is CC(CBr)(CBr)Cc1ccco1. The van der Waals surface area contributed by atoms with Crippen molar-refractivity contribution in [2.75, 3.05) is 10.7 Å². The van der Waals surface area contributed by atoms with E-state index in [1.807, 2.05) is 12.1 Å². The molecule has 12 heavy (non-hydrogen) atoms. The van der Waals surface area contributed by atoms with Crippen LogP contribution >= 0.6 is 31.9 Å². The lowest BCUT2D eigenvalue weighted by atomic mass is 9.91. The molecule has 3 heteroatoms. The largest absolute Gasteiger partial charge is 0.469 e. The molecular formula is C9H12Br2O. The van der Waals surface area contributed by atoms with Crippen molar-refractivity contribution >= 4 is 31.9 Å². The van der Waals surface area contributed by atoms with Gasteiger partial charge in [-0.2, -0.15) is 0 Å². The number of furan rings is 1. The first kappa shape index (κ1) is 10.3. The summed E-state index contributed by atoms with van der Waals surface area (Å²) >= 11 is 7.01. The van der Waals surface area contributed by atoms with Crippen LogP contribution in [-0.4, -0.2) is 10.7 Å². The van der Waals surface area contributed by atoms with Gasteiger partial charge in [0.25, 0.3) is 0 Å². The molecule has 1 heterocycles. The predicted molar refractivity (Wildman–Crippen MR) is 58.1 cm³/mol. The summed E-state index contributed by atoms with van der Waals surface area (Å²) < 4.78 is 5.29. The standard InChI is InChI=1S/C9H12Br2O/c1-9(6-10,7-11)5-8-3-2-4-12-8/h2-4H,5-7H2,1H3. The molecule has 0 saturated heterocycles. The maximum Gasteiger partial charge on any atom is 0.104 e. The fourth-order valence-electron chi connectivity index (χ4n) is 0.964. The van der Waals surface area contributed by atoms with E-state index < -0.39 is 0 Å². The van der Waals surface area contributed by atoms with Gasteiger partial charge in [-0.05, 0) is 17.5 Å². The molecule has 1 rings (SSSR count). The van der Waals surface area contributed by atoms with Crippen molar-refractivity contribution in [3.05, 3.63) is 24.2 Å². The second-order valence-electron chi connectivity index (χ2n) is 3.33. The molecule has 0 aliphatic rings. The van der Waals surface area contributed by atoms with Crippen LogP contribution in [-0.2, 0) is 6.42 Å². The van der Waals surface area contributed by atoms with Crippen LogP contribution in [0, 0.1) is 5.41 Å². The fourth-order valence-corrected chi connectivity index (χ4v) is 2.29. The molecule has 1 nitrogen and oxygen atoms in total. The van der Waals surface area contributed by atoms with E-state index >= 15 is 0 Å². The maximum absolute atomic E-state index is 5.29. The average molecular weight is 296 g/mol. The van der Waals surface area contributed by atoms with Gasteiger partial charge in [-0.1, -0.05) is 38.8 Å². The smallest absolute Gasteiger partial charge is 0.104 e. The summed E-state index contributed by atoms with van der Waals surface area (Å²) in [5.74, 6) is 1.05. The highest BCUT2D eigenvalue weighted by molar-refractivity contribution is 9.09. The summed E-state index contributed by atoms with van der Waals surface area (Å²) in [6, 6.07) is 3.95. The highest BCUT2D eigenvalue weighted by Crippen LogP contribution is 2.27. The lowest BCUT2D eigenvalue weighted by Crippen LogP contribution is -2.22. The van der Waals surface area contributed by atoms with Gasteiger partial charge in [-0.15, -0.1) is 0 Å². The summed E-state index contributed by atoms with van der Waals surface area (Å²) in [5, 5.41) is 1.96. The van der Waals surface area contributed by atoms with Crippen LogP contribution in [0.4, 0.5) is 0 Å². The van der Waals surface area contributed by atoms with Gasteiger partial charge in [0.2, 0.25) is 0 Å². The van der Waals surface area contributed by atoms with E-state index in [0.717, 1.165) is 22.8 Å². The minimum absolute atomic E-state index is 0.248. The van der Waals surface area contributed by atoms with Crippen molar-refractivity contribution < 1.29 is 4.42 Å². The molecule has 0 bridgehead atoms. The van der Waals surface area contributed by atoms with E-state index in [0.29, 0.717) is 0 Å². The Labute approximate surface area is 89.8 Å². The Kier molecular flexibility index (Phi) is 3.84. The molecule has 1 aromatic heterocycles. The molecule has 0 N–H and O–H groups in total. The Hall–Kier alpha value is 0.240. The molecule has 0 fully saturated rings. The Bertz CT molecular complexity index is 214. The highest BCUT2D eigenvalue weighted by Gasteiger charge is 2.23. The van der Waals surface area contributed by atoms with Crippen molar-refractivity contribution in [3.63, 3.8) is 0 Å². The van der Waals surface area contributed by atoms with Gasteiger partial charge in [0.1, 0.15) is 5.76 Å². The number of halogens is 2. The van der Waals surface area contributed by atoms with Gasteiger partial charge in [0.05, 0.1) is 6.26 Å². The topological polar surface area (TPSA) is 13.1 Å². The molecule has 0 aliphatic heterocycles. The van der Waals surface area contributed by atoms with Crippen LogP contribution in [0.5, 0.6) is 0 Å². The van der Waals surface area contributed by atoms with E-state index in [-0.39, 0.29) is 5.41 Å². The van der Waals surface area contributed by atoms with Gasteiger partial charge < -0.3 is 4.42 Å². The average Bonchev–Trinajstić information content (AvgIpc) is 2.57. The normalized spacial score (nSPS) is 11.9. The summed E-state index contributed by atoms with van der Waals surface area (Å²) in [4.78, 5) is 0. The highest BCUT2D eigenvalue weighted by atomic mass is 79.9. The number of hydrogen-bond acceptors (Lipinski definition) is 1. The molecule has 0 spiro atoms. The van der Waals surface area contributed by atoms with Gasteiger partial charge >= 0.3 is 0 Å². The first-order valence-electron chi connectivity index (χ1n) is 3.84. The number of alkyl halides is 2. The predicted octanol–water partition coefficient (Wildman–Crippen LogP) is 3.62. The van der Waals surface area contributed by atoms with Crippen LogP contribution in [0.3, 0.4) is 0 Å². The fraction of sp³-hybridized carbons (Fsp3) is 0.556. The molecule has 0 amide bonds. The molecule has 0 aliphatic carbocycles. The van der Waals surface area contributed by atoms with Crippen LogP contribution in [0.25, 0.3) is 0 Å². The summed E-state index contributed by atoms with van der Waals surface area (Å²) in [6.07, 6.45) is 2.69. The van der Waals surface area contributed by atoms with Crippen LogP contribution in [0.15, 0.2) is 22.8 Å². The monoisotopic (exact) mass is 294 g/mol.